The van der Waals surface area contributed by atoms with E-state index < -0.39 is 12.5 Å². The maximum Gasteiger partial charge on any atom is 0.325 e. The van der Waals surface area contributed by atoms with Gasteiger partial charge in [0, 0.05) is 24.2 Å². The number of aliphatic carboxylic acids is 1. The lowest BCUT2D eigenvalue weighted by Gasteiger charge is -2.14. The van der Waals surface area contributed by atoms with Gasteiger partial charge in [0.1, 0.15) is 11.2 Å². The summed E-state index contributed by atoms with van der Waals surface area (Å²) in [6, 6.07) is 7.72. The minimum atomic E-state index is -1.09. The average molecular weight is 303 g/mol. The number of carboxylic acids is 1. The largest absolute Gasteiger partial charge is 0.480 e. The Hall–Kier alpha value is -2.41. The molecule has 0 saturated heterocycles. The molecule has 0 unspecified atom stereocenters. The Morgan fingerprint density at radius 1 is 1.38 bits per heavy atom. The number of thiophene rings is 1. The summed E-state index contributed by atoms with van der Waals surface area (Å²) in [5.74, 6) is -0.488. The van der Waals surface area contributed by atoms with Gasteiger partial charge in [0.25, 0.3) is 5.56 Å². The Morgan fingerprint density at radius 2 is 2.10 bits per heavy atom. The van der Waals surface area contributed by atoms with E-state index >= 15 is 0 Å². The van der Waals surface area contributed by atoms with Gasteiger partial charge in [-0.1, -0.05) is 18.2 Å². The van der Waals surface area contributed by atoms with Gasteiger partial charge in [-0.2, -0.15) is 5.10 Å². The molecule has 0 aliphatic carbocycles. The first-order valence-electron chi connectivity index (χ1n) is 6.30. The predicted molar refractivity (Wildman–Crippen MR) is 83.3 cm³/mol. The number of hydrogen-bond donors (Lipinski definition) is 1. The summed E-state index contributed by atoms with van der Waals surface area (Å²) in [6.45, 7) is -0.441. The van der Waals surface area contributed by atoms with E-state index in [9.17, 15) is 9.59 Å². The molecule has 0 amide bonds. The summed E-state index contributed by atoms with van der Waals surface area (Å²) in [7, 11) is 3.65. The Balaban J connectivity index is 2.46. The van der Waals surface area contributed by atoms with Crippen LogP contribution in [0.25, 0.3) is 20.2 Å². The van der Waals surface area contributed by atoms with Gasteiger partial charge >= 0.3 is 5.97 Å². The number of fused-ring (bicyclic) bond motifs is 3. The molecular formula is C14H13N3O3S. The van der Waals surface area contributed by atoms with E-state index in [0.717, 1.165) is 20.2 Å². The van der Waals surface area contributed by atoms with Crippen molar-refractivity contribution in [2.45, 2.75) is 6.54 Å². The maximum atomic E-state index is 12.4. The fourth-order valence-electron chi connectivity index (χ4n) is 2.29. The minimum absolute atomic E-state index is 0.362. The normalized spacial score (nSPS) is 11.1. The molecule has 0 radical (unpaired) electrons. The number of rotatable bonds is 3. The van der Waals surface area contributed by atoms with Crippen LogP contribution < -0.4 is 10.5 Å². The molecule has 0 spiro atoms. The molecule has 6 nitrogen and oxygen atoms in total. The van der Waals surface area contributed by atoms with Gasteiger partial charge in [-0.15, -0.1) is 11.3 Å². The first kappa shape index (κ1) is 13.6. The maximum absolute atomic E-state index is 12.4. The molecular weight excluding hydrogens is 290 g/mol. The van der Waals surface area contributed by atoms with E-state index in [2.05, 4.69) is 5.10 Å². The zero-order valence-electron chi connectivity index (χ0n) is 11.5. The van der Waals surface area contributed by atoms with Gasteiger partial charge in [0.15, 0.2) is 5.82 Å². The van der Waals surface area contributed by atoms with Crippen LogP contribution in [0.3, 0.4) is 0 Å². The van der Waals surface area contributed by atoms with Crippen LogP contribution in [0.1, 0.15) is 0 Å². The van der Waals surface area contributed by atoms with E-state index in [-0.39, 0.29) is 5.56 Å². The van der Waals surface area contributed by atoms with E-state index in [1.807, 2.05) is 38.4 Å². The number of carbonyl (C=O) groups is 1. The third-order valence-corrected chi connectivity index (χ3v) is 4.33. The lowest BCUT2D eigenvalue weighted by molar-refractivity contribution is -0.137. The van der Waals surface area contributed by atoms with Crippen molar-refractivity contribution in [2.75, 3.05) is 19.0 Å². The summed E-state index contributed by atoms with van der Waals surface area (Å²) in [6.07, 6.45) is 0. The van der Waals surface area contributed by atoms with Crippen LogP contribution in [0, 0.1) is 0 Å². The monoisotopic (exact) mass is 303 g/mol. The fourth-order valence-corrected chi connectivity index (χ4v) is 3.44. The average Bonchev–Trinajstić information content (AvgIpc) is 2.81. The summed E-state index contributed by atoms with van der Waals surface area (Å²) in [5, 5.41) is 14.9. The van der Waals surface area contributed by atoms with Crippen LogP contribution in [0.4, 0.5) is 5.82 Å². The summed E-state index contributed by atoms with van der Waals surface area (Å²) in [4.78, 5) is 25.1. The first-order chi connectivity index (χ1) is 9.99. The molecule has 0 bridgehead atoms. The Kier molecular flexibility index (Phi) is 3.13. The number of aromatic nitrogens is 2. The van der Waals surface area contributed by atoms with Gasteiger partial charge in [-0.05, 0) is 6.07 Å². The highest BCUT2D eigenvalue weighted by Gasteiger charge is 2.18. The van der Waals surface area contributed by atoms with Crippen LogP contribution in [0.5, 0.6) is 0 Å². The molecule has 2 heterocycles. The summed E-state index contributed by atoms with van der Waals surface area (Å²) < 4.78 is 2.54. The second kappa shape index (κ2) is 4.85. The standard InChI is InChI=1S/C14H13N3O3S/c1-16(2)13-11-8-5-3-4-6-9(8)21-12(11)14(20)17(15-13)7-10(18)19/h3-6H,7H2,1-2H3,(H,18,19). The zero-order chi connectivity index (χ0) is 15.1. The molecule has 1 N–H and O–H groups in total. The van der Waals surface area contributed by atoms with Crippen molar-refractivity contribution in [3.8, 4) is 0 Å². The van der Waals surface area contributed by atoms with Gasteiger partial charge in [-0.25, -0.2) is 4.68 Å². The molecule has 0 aliphatic heterocycles. The molecule has 7 heteroatoms. The lowest BCUT2D eigenvalue weighted by atomic mass is 10.2. The summed E-state index contributed by atoms with van der Waals surface area (Å²) >= 11 is 1.37. The second-order valence-corrected chi connectivity index (χ2v) is 5.93. The molecule has 21 heavy (non-hydrogen) atoms. The zero-order valence-corrected chi connectivity index (χ0v) is 12.3. The topological polar surface area (TPSA) is 75.4 Å². The van der Waals surface area contributed by atoms with E-state index in [0.29, 0.717) is 10.5 Å². The van der Waals surface area contributed by atoms with Crippen molar-refractivity contribution in [1.82, 2.24) is 9.78 Å². The van der Waals surface area contributed by atoms with Crippen molar-refractivity contribution >= 4 is 43.3 Å². The molecule has 0 aliphatic rings. The number of anilines is 1. The Bertz CT molecular complexity index is 911. The highest BCUT2D eigenvalue weighted by atomic mass is 32.1. The van der Waals surface area contributed by atoms with Gasteiger partial charge in [0.05, 0.1) is 5.39 Å². The molecule has 0 fully saturated rings. The van der Waals surface area contributed by atoms with Gasteiger partial charge < -0.3 is 10.0 Å². The molecule has 3 aromatic rings. The van der Waals surface area contributed by atoms with Crippen LogP contribution in [0.2, 0.25) is 0 Å². The molecule has 0 saturated carbocycles. The number of benzene rings is 1. The van der Waals surface area contributed by atoms with Crippen molar-refractivity contribution in [2.24, 2.45) is 0 Å². The highest BCUT2D eigenvalue weighted by Crippen LogP contribution is 2.35. The van der Waals surface area contributed by atoms with E-state index in [4.69, 9.17) is 5.11 Å². The van der Waals surface area contributed by atoms with Crippen molar-refractivity contribution in [3.63, 3.8) is 0 Å². The van der Waals surface area contributed by atoms with Gasteiger partial charge in [0.2, 0.25) is 0 Å². The minimum Gasteiger partial charge on any atom is -0.480 e. The van der Waals surface area contributed by atoms with Crippen LogP contribution in [-0.2, 0) is 11.3 Å². The number of nitrogens with zero attached hydrogens (tertiary/aromatic N) is 3. The Labute approximate surface area is 123 Å². The SMILES string of the molecule is CN(C)c1nn(CC(=O)O)c(=O)c2sc3ccccc3c12. The van der Waals surface area contributed by atoms with Crippen LogP contribution in [0.15, 0.2) is 29.1 Å². The predicted octanol–water partition coefficient (Wildman–Crippen LogP) is 1.76. The van der Waals surface area contributed by atoms with Crippen LogP contribution >= 0.6 is 11.3 Å². The molecule has 108 valence electrons. The van der Waals surface area contributed by atoms with Crippen molar-refractivity contribution in [3.05, 3.63) is 34.6 Å². The molecule has 1 aromatic carbocycles. The van der Waals surface area contributed by atoms with Crippen LogP contribution in [-0.4, -0.2) is 35.0 Å². The quantitative estimate of drug-likeness (QED) is 0.798. The third-order valence-electron chi connectivity index (χ3n) is 3.17. The molecule has 3 rings (SSSR count). The highest BCUT2D eigenvalue weighted by molar-refractivity contribution is 7.25. The van der Waals surface area contributed by atoms with E-state index in [1.54, 1.807) is 4.90 Å². The first-order valence-corrected chi connectivity index (χ1v) is 7.12. The fraction of sp³-hybridized carbons (Fsp3) is 0.214. The molecule has 0 atom stereocenters. The third kappa shape index (κ3) is 2.15. The van der Waals surface area contributed by atoms with Crippen molar-refractivity contribution < 1.29 is 9.90 Å². The van der Waals surface area contributed by atoms with Gasteiger partial charge in [-0.3, -0.25) is 9.59 Å². The summed E-state index contributed by atoms with van der Waals surface area (Å²) in [5.41, 5.74) is -0.362. The number of carboxylic acid groups (broad SMARTS) is 1. The van der Waals surface area contributed by atoms with E-state index in [1.165, 1.54) is 11.3 Å². The van der Waals surface area contributed by atoms with Crippen molar-refractivity contribution in [1.29, 1.82) is 0 Å². The smallest absolute Gasteiger partial charge is 0.325 e. The number of hydrogen-bond acceptors (Lipinski definition) is 5. The second-order valence-electron chi connectivity index (χ2n) is 4.88. The lowest BCUT2D eigenvalue weighted by Crippen LogP contribution is -2.28. The molecule has 2 aromatic heterocycles. The Morgan fingerprint density at radius 3 is 2.76 bits per heavy atom.